The predicted molar refractivity (Wildman–Crippen MR) is 67.4 cm³/mol. The third-order valence-corrected chi connectivity index (χ3v) is 3.49. The first-order valence-corrected chi connectivity index (χ1v) is 7.52. The van der Waals surface area contributed by atoms with Crippen molar-refractivity contribution in [2.24, 2.45) is 5.73 Å². The number of aryl methyl sites for hydroxylation is 1. The maximum Gasteiger partial charge on any atom is 0.148 e. The normalized spacial score (nSPS) is 12.3. The summed E-state index contributed by atoms with van der Waals surface area (Å²) in [6, 6.07) is 1.92. The summed E-state index contributed by atoms with van der Waals surface area (Å²) in [5.74, 6) is 1.81. The molecule has 0 bridgehead atoms. The quantitative estimate of drug-likeness (QED) is 0.807. The predicted octanol–water partition coefficient (Wildman–Crippen LogP) is 0.523. The Balaban J connectivity index is 2.53. The molecule has 0 atom stereocenters. The van der Waals surface area contributed by atoms with Crippen molar-refractivity contribution in [2.75, 3.05) is 25.6 Å². The molecule has 0 aliphatic heterocycles. The fraction of sp³-hybridized carbons (Fsp3) is 0.636. The van der Waals surface area contributed by atoms with Gasteiger partial charge in [-0.15, -0.1) is 0 Å². The minimum Gasteiger partial charge on any atom is -0.465 e. The van der Waals surface area contributed by atoms with E-state index in [1.54, 1.807) is 0 Å². The van der Waals surface area contributed by atoms with E-state index in [2.05, 4.69) is 0 Å². The summed E-state index contributed by atoms with van der Waals surface area (Å²) < 4.78 is 27.6. The second-order valence-electron chi connectivity index (χ2n) is 4.37. The highest BCUT2D eigenvalue weighted by Crippen LogP contribution is 2.15. The van der Waals surface area contributed by atoms with Gasteiger partial charge in [0, 0.05) is 24.9 Å². The van der Waals surface area contributed by atoms with Gasteiger partial charge in [0.2, 0.25) is 0 Å². The van der Waals surface area contributed by atoms with Crippen LogP contribution >= 0.6 is 0 Å². The topological polar surface area (TPSA) is 76.5 Å². The Hall–Kier alpha value is -0.850. The molecule has 1 aromatic heterocycles. The standard InChI is InChI=1S/C11H20N2O3S/c1-9-10(7-12)6-11(16-9)8-13(2)4-5-17(3,14)15/h6H,4-5,7-8,12H2,1-3H3. The average Bonchev–Trinajstić information content (AvgIpc) is 2.55. The van der Waals surface area contributed by atoms with Gasteiger partial charge in [0.25, 0.3) is 0 Å². The van der Waals surface area contributed by atoms with Crippen LogP contribution in [-0.2, 0) is 22.9 Å². The van der Waals surface area contributed by atoms with Crippen molar-refractivity contribution in [2.45, 2.75) is 20.0 Å². The molecule has 0 fully saturated rings. The van der Waals surface area contributed by atoms with Gasteiger partial charge in [-0.05, 0) is 20.0 Å². The van der Waals surface area contributed by atoms with Crippen LogP contribution in [0.15, 0.2) is 10.5 Å². The maximum absolute atomic E-state index is 11.0. The zero-order chi connectivity index (χ0) is 13.1. The van der Waals surface area contributed by atoms with Crippen LogP contribution in [0.2, 0.25) is 0 Å². The Labute approximate surface area is 103 Å². The van der Waals surface area contributed by atoms with E-state index < -0.39 is 9.84 Å². The SMILES string of the molecule is Cc1oc(CN(C)CCS(C)(=O)=O)cc1CN. The van der Waals surface area contributed by atoms with Gasteiger partial charge in [-0.25, -0.2) is 8.42 Å². The third-order valence-electron chi connectivity index (χ3n) is 2.56. The Bertz CT molecular complexity index is 465. The molecule has 5 nitrogen and oxygen atoms in total. The molecule has 0 spiro atoms. The Kier molecular flexibility index (Phi) is 4.73. The second-order valence-corrected chi connectivity index (χ2v) is 6.63. The number of nitrogens with zero attached hydrogens (tertiary/aromatic N) is 1. The molecule has 0 saturated carbocycles. The van der Waals surface area contributed by atoms with E-state index in [9.17, 15) is 8.42 Å². The van der Waals surface area contributed by atoms with Crippen molar-refractivity contribution in [1.82, 2.24) is 4.90 Å². The van der Waals surface area contributed by atoms with Gasteiger partial charge in [-0.2, -0.15) is 0 Å². The summed E-state index contributed by atoms with van der Waals surface area (Å²) in [6.45, 7) is 3.43. The molecule has 1 aromatic rings. The Morgan fingerprint density at radius 1 is 1.47 bits per heavy atom. The molecule has 0 unspecified atom stereocenters. The molecule has 17 heavy (non-hydrogen) atoms. The molecule has 0 aliphatic carbocycles. The number of nitrogens with two attached hydrogens (primary N) is 1. The van der Waals surface area contributed by atoms with E-state index in [1.165, 1.54) is 6.26 Å². The van der Waals surface area contributed by atoms with Crippen molar-refractivity contribution >= 4 is 9.84 Å². The number of hydrogen-bond acceptors (Lipinski definition) is 5. The first-order valence-electron chi connectivity index (χ1n) is 5.46. The number of sulfone groups is 1. The lowest BCUT2D eigenvalue weighted by atomic mass is 10.2. The van der Waals surface area contributed by atoms with E-state index in [4.69, 9.17) is 10.2 Å². The lowest BCUT2D eigenvalue weighted by Crippen LogP contribution is -2.24. The van der Waals surface area contributed by atoms with Crippen LogP contribution in [0.1, 0.15) is 17.1 Å². The van der Waals surface area contributed by atoms with Crippen LogP contribution in [0.25, 0.3) is 0 Å². The molecule has 0 aromatic carbocycles. The van der Waals surface area contributed by atoms with Crippen molar-refractivity contribution in [3.8, 4) is 0 Å². The van der Waals surface area contributed by atoms with Crippen molar-refractivity contribution < 1.29 is 12.8 Å². The lowest BCUT2D eigenvalue weighted by molar-refractivity contribution is 0.306. The molecule has 98 valence electrons. The van der Waals surface area contributed by atoms with E-state index >= 15 is 0 Å². The highest BCUT2D eigenvalue weighted by Gasteiger charge is 2.10. The maximum atomic E-state index is 11.0. The third kappa shape index (κ3) is 4.89. The summed E-state index contributed by atoms with van der Waals surface area (Å²) >= 11 is 0. The first-order chi connectivity index (χ1) is 7.81. The van der Waals surface area contributed by atoms with Crippen LogP contribution in [0.3, 0.4) is 0 Å². The Morgan fingerprint density at radius 3 is 2.59 bits per heavy atom. The summed E-state index contributed by atoms with van der Waals surface area (Å²) in [6.07, 6.45) is 1.24. The molecule has 0 aliphatic rings. The lowest BCUT2D eigenvalue weighted by Gasteiger charge is -2.13. The number of furan rings is 1. The first kappa shape index (κ1) is 14.2. The summed E-state index contributed by atoms with van der Waals surface area (Å²) in [5.41, 5.74) is 6.55. The van der Waals surface area contributed by atoms with Crippen LogP contribution in [-0.4, -0.2) is 38.9 Å². The van der Waals surface area contributed by atoms with Gasteiger partial charge in [-0.3, -0.25) is 4.90 Å². The fourth-order valence-electron chi connectivity index (χ4n) is 1.53. The average molecular weight is 260 g/mol. The summed E-state index contributed by atoms with van der Waals surface area (Å²) in [5, 5.41) is 0. The van der Waals surface area contributed by atoms with Crippen LogP contribution < -0.4 is 5.73 Å². The summed E-state index contributed by atoms with van der Waals surface area (Å²) in [7, 11) is -1.05. The highest BCUT2D eigenvalue weighted by atomic mass is 32.2. The monoisotopic (exact) mass is 260 g/mol. The van der Waals surface area contributed by atoms with Gasteiger partial charge < -0.3 is 10.2 Å². The highest BCUT2D eigenvalue weighted by molar-refractivity contribution is 7.90. The molecule has 1 rings (SSSR count). The number of rotatable bonds is 6. The van der Waals surface area contributed by atoms with Crippen LogP contribution in [0, 0.1) is 6.92 Å². The molecule has 0 saturated heterocycles. The van der Waals surface area contributed by atoms with Crippen molar-refractivity contribution in [3.05, 3.63) is 23.2 Å². The zero-order valence-corrected chi connectivity index (χ0v) is 11.4. The molecule has 0 radical (unpaired) electrons. The minimum atomic E-state index is -2.91. The van der Waals surface area contributed by atoms with Gasteiger partial charge in [0.15, 0.2) is 0 Å². The molecule has 0 amide bonds. The Morgan fingerprint density at radius 2 is 2.12 bits per heavy atom. The van der Waals surface area contributed by atoms with E-state index in [0.717, 1.165) is 17.1 Å². The van der Waals surface area contributed by atoms with Gasteiger partial charge in [-0.1, -0.05) is 0 Å². The van der Waals surface area contributed by atoms with Gasteiger partial charge >= 0.3 is 0 Å². The second kappa shape index (κ2) is 5.66. The molecule has 6 heteroatoms. The van der Waals surface area contributed by atoms with Crippen LogP contribution in [0.5, 0.6) is 0 Å². The molecule has 1 heterocycles. The van der Waals surface area contributed by atoms with Crippen molar-refractivity contribution in [3.63, 3.8) is 0 Å². The smallest absolute Gasteiger partial charge is 0.148 e. The van der Waals surface area contributed by atoms with E-state index in [-0.39, 0.29) is 5.75 Å². The number of hydrogen-bond donors (Lipinski definition) is 1. The largest absolute Gasteiger partial charge is 0.465 e. The molecule has 2 N–H and O–H groups in total. The fourth-order valence-corrected chi connectivity index (χ4v) is 2.18. The molecular formula is C11H20N2O3S. The van der Waals surface area contributed by atoms with Gasteiger partial charge in [0.05, 0.1) is 12.3 Å². The zero-order valence-electron chi connectivity index (χ0n) is 10.6. The van der Waals surface area contributed by atoms with E-state index in [1.807, 2.05) is 24.9 Å². The summed E-state index contributed by atoms with van der Waals surface area (Å²) in [4.78, 5) is 1.92. The van der Waals surface area contributed by atoms with Crippen LogP contribution in [0.4, 0.5) is 0 Å². The minimum absolute atomic E-state index is 0.160. The van der Waals surface area contributed by atoms with Crippen molar-refractivity contribution in [1.29, 1.82) is 0 Å². The molecular weight excluding hydrogens is 240 g/mol. The van der Waals surface area contributed by atoms with E-state index in [0.29, 0.717) is 19.6 Å². The van der Waals surface area contributed by atoms with Gasteiger partial charge in [0.1, 0.15) is 21.4 Å².